The van der Waals surface area contributed by atoms with Gasteiger partial charge in [0.1, 0.15) is 12.4 Å². The molecule has 0 saturated heterocycles. The van der Waals surface area contributed by atoms with Gasteiger partial charge in [0.2, 0.25) is 0 Å². The molecule has 0 bridgehead atoms. The number of aliphatic hydroxyl groups excluding tert-OH is 1. The molecule has 122 valence electrons. The second kappa shape index (κ2) is 8.80. The Morgan fingerprint density at radius 3 is 2.48 bits per heavy atom. The summed E-state index contributed by atoms with van der Waals surface area (Å²) < 4.78 is 5.75. The minimum Gasteiger partial charge on any atom is -0.489 e. The Balaban J connectivity index is 1.96. The monoisotopic (exact) mass is 315 g/mol. The Kier molecular flexibility index (Phi) is 6.44. The summed E-state index contributed by atoms with van der Waals surface area (Å²) >= 11 is 0. The van der Waals surface area contributed by atoms with Crippen LogP contribution in [0.15, 0.2) is 54.6 Å². The van der Waals surface area contributed by atoms with Crippen molar-refractivity contribution in [3.8, 4) is 5.75 Å². The first-order valence-electron chi connectivity index (χ1n) is 7.53. The maximum atomic E-state index is 11.2. The lowest BCUT2D eigenvalue weighted by atomic mass is 10.2. The van der Waals surface area contributed by atoms with Crippen LogP contribution in [0.2, 0.25) is 0 Å². The molecule has 0 radical (unpaired) electrons. The lowest BCUT2D eigenvalue weighted by Gasteiger charge is -2.19. The summed E-state index contributed by atoms with van der Waals surface area (Å²) in [6.45, 7) is 1.03. The van der Waals surface area contributed by atoms with Crippen molar-refractivity contribution < 1.29 is 19.7 Å². The Morgan fingerprint density at radius 2 is 1.78 bits per heavy atom. The highest BCUT2D eigenvalue weighted by Crippen LogP contribution is 2.17. The molecule has 0 aliphatic carbocycles. The van der Waals surface area contributed by atoms with Gasteiger partial charge in [-0.3, -0.25) is 0 Å². The summed E-state index contributed by atoms with van der Waals surface area (Å²) in [5.74, 6) is 0.707. The summed E-state index contributed by atoms with van der Waals surface area (Å²) in [7, 11) is 0. The lowest BCUT2D eigenvalue weighted by molar-refractivity contribution is 0.137. The highest BCUT2D eigenvalue weighted by atomic mass is 16.5. The van der Waals surface area contributed by atoms with Gasteiger partial charge >= 0.3 is 6.09 Å². The van der Waals surface area contributed by atoms with Gasteiger partial charge in [-0.15, -0.1) is 0 Å². The third kappa shape index (κ3) is 5.64. The van der Waals surface area contributed by atoms with E-state index in [0.717, 1.165) is 11.1 Å². The quantitative estimate of drug-likeness (QED) is 0.785. The van der Waals surface area contributed by atoms with Gasteiger partial charge in [-0.2, -0.15) is 0 Å². The van der Waals surface area contributed by atoms with E-state index in [4.69, 9.17) is 9.84 Å². The number of aliphatic hydroxyl groups is 1. The van der Waals surface area contributed by atoms with E-state index in [1.165, 1.54) is 4.90 Å². The first-order valence-corrected chi connectivity index (χ1v) is 7.53. The minimum atomic E-state index is -0.992. The van der Waals surface area contributed by atoms with E-state index in [0.29, 0.717) is 25.3 Å². The summed E-state index contributed by atoms with van der Waals surface area (Å²) in [6, 6.07) is 17.3. The van der Waals surface area contributed by atoms with E-state index in [2.05, 4.69) is 0 Å². The van der Waals surface area contributed by atoms with Crippen LogP contribution < -0.4 is 4.74 Å². The second-order valence-corrected chi connectivity index (χ2v) is 5.20. The van der Waals surface area contributed by atoms with Crippen LogP contribution >= 0.6 is 0 Å². The zero-order chi connectivity index (χ0) is 16.5. The second-order valence-electron chi connectivity index (χ2n) is 5.20. The van der Waals surface area contributed by atoms with Crippen LogP contribution in [-0.4, -0.2) is 34.4 Å². The first kappa shape index (κ1) is 16.8. The van der Waals surface area contributed by atoms with Crippen LogP contribution in [0, 0.1) is 0 Å². The minimum absolute atomic E-state index is 0.0238. The van der Waals surface area contributed by atoms with Gasteiger partial charge in [-0.25, -0.2) is 4.79 Å². The fourth-order valence-corrected chi connectivity index (χ4v) is 2.20. The van der Waals surface area contributed by atoms with E-state index >= 15 is 0 Å². The fraction of sp³-hybridized carbons (Fsp3) is 0.278. The molecule has 0 aromatic heterocycles. The van der Waals surface area contributed by atoms with E-state index < -0.39 is 6.09 Å². The SMILES string of the molecule is O=C(O)N(CCCO)Cc1cccc(OCc2ccccc2)c1. The van der Waals surface area contributed by atoms with Gasteiger partial charge in [0, 0.05) is 19.7 Å². The van der Waals surface area contributed by atoms with Gasteiger partial charge in [0.15, 0.2) is 0 Å². The molecule has 2 aromatic carbocycles. The molecule has 5 heteroatoms. The van der Waals surface area contributed by atoms with Crippen molar-refractivity contribution in [3.05, 3.63) is 65.7 Å². The number of rotatable bonds is 8. The van der Waals surface area contributed by atoms with Crippen molar-refractivity contribution in [3.63, 3.8) is 0 Å². The number of hydrogen-bond donors (Lipinski definition) is 2. The average Bonchev–Trinajstić information content (AvgIpc) is 2.58. The fourth-order valence-electron chi connectivity index (χ4n) is 2.20. The topological polar surface area (TPSA) is 70.0 Å². The van der Waals surface area contributed by atoms with Gasteiger partial charge in [-0.1, -0.05) is 42.5 Å². The molecule has 0 unspecified atom stereocenters. The Hall–Kier alpha value is -2.53. The van der Waals surface area contributed by atoms with Crippen LogP contribution in [0.4, 0.5) is 4.79 Å². The molecule has 0 aliphatic rings. The normalized spacial score (nSPS) is 10.3. The van der Waals surface area contributed by atoms with E-state index in [1.807, 2.05) is 54.6 Å². The van der Waals surface area contributed by atoms with Gasteiger partial charge < -0.3 is 19.8 Å². The molecule has 2 rings (SSSR count). The molecular formula is C18H21NO4. The van der Waals surface area contributed by atoms with E-state index in [9.17, 15) is 9.90 Å². The maximum Gasteiger partial charge on any atom is 0.407 e. The Morgan fingerprint density at radius 1 is 1.04 bits per heavy atom. The number of hydrogen-bond acceptors (Lipinski definition) is 3. The van der Waals surface area contributed by atoms with Gasteiger partial charge in [-0.05, 0) is 29.7 Å². The van der Waals surface area contributed by atoms with Crippen LogP contribution in [0.5, 0.6) is 5.75 Å². The molecule has 0 atom stereocenters. The highest BCUT2D eigenvalue weighted by Gasteiger charge is 2.12. The van der Waals surface area contributed by atoms with Gasteiger partial charge in [0.05, 0.1) is 0 Å². The van der Waals surface area contributed by atoms with Crippen molar-refractivity contribution in [2.75, 3.05) is 13.2 Å². The molecule has 0 aliphatic heterocycles. The van der Waals surface area contributed by atoms with E-state index in [-0.39, 0.29) is 13.2 Å². The summed E-state index contributed by atoms with van der Waals surface area (Å²) in [6.07, 6.45) is -0.565. The number of carbonyl (C=O) groups is 1. The van der Waals surface area contributed by atoms with Crippen molar-refractivity contribution in [2.45, 2.75) is 19.6 Å². The third-order valence-electron chi connectivity index (χ3n) is 3.38. The number of nitrogens with zero attached hydrogens (tertiary/aromatic N) is 1. The van der Waals surface area contributed by atoms with Crippen LogP contribution in [0.3, 0.4) is 0 Å². The zero-order valence-corrected chi connectivity index (χ0v) is 12.9. The smallest absolute Gasteiger partial charge is 0.407 e. The van der Waals surface area contributed by atoms with Crippen molar-refractivity contribution >= 4 is 6.09 Å². The molecule has 1 amide bonds. The molecule has 0 saturated carbocycles. The summed E-state index contributed by atoms with van der Waals surface area (Å²) in [5.41, 5.74) is 1.93. The first-order chi connectivity index (χ1) is 11.2. The van der Waals surface area contributed by atoms with Crippen LogP contribution in [0.25, 0.3) is 0 Å². The molecule has 5 nitrogen and oxygen atoms in total. The number of carboxylic acid groups (broad SMARTS) is 1. The maximum absolute atomic E-state index is 11.2. The molecule has 2 aromatic rings. The number of amides is 1. The van der Waals surface area contributed by atoms with Gasteiger partial charge in [0.25, 0.3) is 0 Å². The predicted molar refractivity (Wildman–Crippen MR) is 87.4 cm³/mol. The molecule has 0 heterocycles. The Bertz CT molecular complexity index is 615. The standard InChI is InChI=1S/C18H21NO4/c20-11-5-10-19(18(21)22)13-16-8-4-9-17(12-16)23-14-15-6-2-1-3-7-15/h1-4,6-9,12,20H,5,10-11,13-14H2,(H,21,22). The van der Waals surface area contributed by atoms with Crippen LogP contribution in [0.1, 0.15) is 17.5 Å². The number of ether oxygens (including phenoxy) is 1. The van der Waals surface area contributed by atoms with Crippen LogP contribution in [-0.2, 0) is 13.2 Å². The zero-order valence-electron chi connectivity index (χ0n) is 12.9. The summed E-state index contributed by atoms with van der Waals surface area (Å²) in [4.78, 5) is 12.5. The summed E-state index contributed by atoms with van der Waals surface area (Å²) in [5, 5.41) is 18.0. The number of benzene rings is 2. The van der Waals surface area contributed by atoms with E-state index in [1.54, 1.807) is 0 Å². The highest BCUT2D eigenvalue weighted by molar-refractivity contribution is 5.65. The molecular weight excluding hydrogens is 294 g/mol. The van der Waals surface area contributed by atoms with Crippen molar-refractivity contribution in [2.24, 2.45) is 0 Å². The molecule has 0 spiro atoms. The predicted octanol–water partition coefficient (Wildman–Crippen LogP) is 3.13. The Labute approximate surface area is 135 Å². The molecule has 0 fully saturated rings. The van der Waals surface area contributed by atoms with Crippen molar-refractivity contribution in [1.29, 1.82) is 0 Å². The third-order valence-corrected chi connectivity index (χ3v) is 3.38. The molecule has 23 heavy (non-hydrogen) atoms. The average molecular weight is 315 g/mol. The largest absolute Gasteiger partial charge is 0.489 e. The lowest BCUT2D eigenvalue weighted by Crippen LogP contribution is -2.30. The van der Waals surface area contributed by atoms with Crippen molar-refractivity contribution in [1.82, 2.24) is 4.90 Å². The molecule has 2 N–H and O–H groups in total.